The highest BCUT2D eigenvalue weighted by Gasteiger charge is 2.40. The Hall–Kier alpha value is -1.62. The van der Waals surface area contributed by atoms with Crippen molar-refractivity contribution in [2.24, 2.45) is 5.92 Å². The largest absolute Gasteiger partial charge is 0.507 e. The molecule has 2 fully saturated rings. The van der Waals surface area contributed by atoms with Crippen molar-refractivity contribution in [1.82, 2.24) is 4.90 Å². The lowest BCUT2D eigenvalue weighted by Crippen LogP contribution is -2.42. The van der Waals surface area contributed by atoms with Gasteiger partial charge in [-0.15, -0.1) is 0 Å². The lowest BCUT2D eigenvalue weighted by Gasteiger charge is -2.31. The first-order valence-corrected chi connectivity index (χ1v) is 7.55. The molecule has 1 aromatic rings. The Morgan fingerprint density at radius 1 is 1.24 bits per heavy atom. The molecule has 2 aliphatic rings. The van der Waals surface area contributed by atoms with Crippen molar-refractivity contribution in [1.29, 1.82) is 0 Å². The van der Waals surface area contributed by atoms with Crippen LogP contribution in [-0.4, -0.2) is 39.7 Å². The molecule has 5 heteroatoms. The van der Waals surface area contributed by atoms with E-state index in [2.05, 4.69) is 0 Å². The third-order valence-electron chi connectivity index (χ3n) is 4.78. The fourth-order valence-electron chi connectivity index (χ4n) is 3.75. The summed E-state index contributed by atoms with van der Waals surface area (Å²) in [5.41, 5.74) is 0.135. The van der Waals surface area contributed by atoms with Crippen molar-refractivity contribution < 1.29 is 19.4 Å². The summed E-state index contributed by atoms with van der Waals surface area (Å²) in [4.78, 5) is 14.4. The number of phenolic OH excluding ortho intramolecular Hbond substituents is 1. The average Bonchev–Trinajstić information content (AvgIpc) is 3.06. The zero-order chi connectivity index (χ0) is 15.0. The topological polar surface area (TPSA) is 60.8 Å². The third-order valence-corrected chi connectivity index (χ3v) is 4.78. The Labute approximate surface area is 123 Å². The van der Waals surface area contributed by atoms with Crippen LogP contribution in [0.2, 0.25) is 0 Å². The minimum absolute atomic E-state index is 0.0273. The molecule has 0 spiro atoms. The number of aromatic hydroxyl groups is 1. The number of hydrogen-bond acceptors (Lipinski definition) is 3. The molecule has 0 bridgehead atoms. The number of benzene rings is 1. The normalized spacial score (nSPS) is 29.0. The van der Waals surface area contributed by atoms with Gasteiger partial charge in [0.05, 0.1) is 11.7 Å². The quantitative estimate of drug-likeness (QED) is 0.879. The van der Waals surface area contributed by atoms with Gasteiger partial charge in [-0.05, 0) is 37.8 Å². The van der Waals surface area contributed by atoms with E-state index in [1.165, 1.54) is 12.1 Å². The average molecular weight is 293 g/mol. The van der Waals surface area contributed by atoms with Crippen LogP contribution in [0.4, 0.5) is 4.39 Å². The summed E-state index contributed by atoms with van der Waals surface area (Å²) < 4.78 is 13.0. The first-order chi connectivity index (χ1) is 10.1. The summed E-state index contributed by atoms with van der Waals surface area (Å²) >= 11 is 0. The first kappa shape index (κ1) is 14.3. The summed E-state index contributed by atoms with van der Waals surface area (Å²) in [5.74, 6) is -1.03. The molecule has 1 saturated carbocycles. The van der Waals surface area contributed by atoms with Crippen molar-refractivity contribution in [3.8, 4) is 5.75 Å². The molecule has 0 radical (unpaired) electrons. The second-order valence-electron chi connectivity index (χ2n) is 6.03. The van der Waals surface area contributed by atoms with Gasteiger partial charge in [-0.25, -0.2) is 4.39 Å². The van der Waals surface area contributed by atoms with Crippen LogP contribution >= 0.6 is 0 Å². The van der Waals surface area contributed by atoms with Crippen molar-refractivity contribution in [2.75, 3.05) is 6.54 Å². The highest BCUT2D eigenvalue weighted by Crippen LogP contribution is 2.37. The summed E-state index contributed by atoms with van der Waals surface area (Å²) in [7, 11) is 0. The van der Waals surface area contributed by atoms with Gasteiger partial charge in [-0.2, -0.15) is 0 Å². The molecule has 3 rings (SSSR count). The Balaban J connectivity index is 1.82. The van der Waals surface area contributed by atoms with E-state index in [1.807, 2.05) is 0 Å². The van der Waals surface area contributed by atoms with Gasteiger partial charge in [0.2, 0.25) is 0 Å². The predicted octanol–water partition coefficient (Wildman–Crippen LogP) is 2.30. The Kier molecular flexibility index (Phi) is 3.85. The molecule has 1 heterocycles. The van der Waals surface area contributed by atoms with Crippen LogP contribution in [0.1, 0.15) is 42.5 Å². The van der Waals surface area contributed by atoms with E-state index in [-0.39, 0.29) is 35.3 Å². The van der Waals surface area contributed by atoms with Gasteiger partial charge in [0.25, 0.3) is 5.91 Å². The van der Waals surface area contributed by atoms with E-state index >= 15 is 0 Å². The third kappa shape index (κ3) is 2.62. The van der Waals surface area contributed by atoms with Gasteiger partial charge >= 0.3 is 0 Å². The van der Waals surface area contributed by atoms with E-state index in [4.69, 9.17) is 0 Å². The standard InChI is InChI=1S/C16H20FNO3/c17-10-6-7-12(15(20)9-10)16(21)18-8-2-4-13(18)11-3-1-5-14(11)19/h6-7,9,11,13-14,19-20H,1-5,8H2. The number of hydrogen-bond donors (Lipinski definition) is 2. The fraction of sp³-hybridized carbons (Fsp3) is 0.562. The molecule has 4 nitrogen and oxygen atoms in total. The molecule has 3 unspecified atom stereocenters. The number of aliphatic hydroxyl groups is 1. The second kappa shape index (κ2) is 5.64. The zero-order valence-electron chi connectivity index (χ0n) is 11.8. The summed E-state index contributed by atoms with van der Waals surface area (Å²) in [6, 6.07) is 3.50. The minimum atomic E-state index is -0.562. The molecule has 114 valence electrons. The number of carbonyl (C=O) groups excluding carboxylic acids is 1. The van der Waals surface area contributed by atoms with Gasteiger partial charge in [-0.3, -0.25) is 4.79 Å². The van der Waals surface area contributed by atoms with Gasteiger partial charge < -0.3 is 15.1 Å². The SMILES string of the molecule is O=C(c1ccc(F)cc1O)N1CCCC1C1CCCC1O. The maximum atomic E-state index is 13.0. The lowest BCUT2D eigenvalue weighted by molar-refractivity contribution is 0.0525. The molecule has 0 aromatic heterocycles. The lowest BCUT2D eigenvalue weighted by atomic mass is 9.93. The number of aliphatic hydroxyl groups excluding tert-OH is 1. The van der Waals surface area contributed by atoms with E-state index in [1.54, 1.807) is 4.90 Å². The predicted molar refractivity (Wildman–Crippen MR) is 75.5 cm³/mol. The van der Waals surface area contributed by atoms with E-state index < -0.39 is 5.82 Å². The van der Waals surface area contributed by atoms with Gasteiger partial charge in [0, 0.05) is 24.6 Å². The van der Waals surface area contributed by atoms with Crippen LogP contribution in [0.3, 0.4) is 0 Å². The minimum Gasteiger partial charge on any atom is -0.507 e. The fourth-order valence-corrected chi connectivity index (χ4v) is 3.75. The summed E-state index contributed by atoms with van der Waals surface area (Å²) in [5, 5.41) is 19.9. The smallest absolute Gasteiger partial charge is 0.257 e. The highest BCUT2D eigenvalue weighted by atomic mass is 19.1. The van der Waals surface area contributed by atoms with Gasteiger partial charge in [0.1, 0.15) is 11.6 Å². The zero-order valence-corrected chi connectivity index (χ0v) is 11.8. The summed E-state index contributed by atoms with van der Waals surface area (Å²) in [6.45, 7) is 0.629. The molecule has 1 aromatic carbocycles. The molecule has 21 heavy (non-hydrogen) atoms. The number of amides is 1. The first-order valence-electron chi connectivity index (χ1n) is 7.55. The molecule has 1 aliphatic heterocycles. The number of phenols is 1. The number of rotatable bonds is 2. The van der Waals surface area contributed by atoms with E-state index in [0.717, 1.165) is 38.2 Å². The van der Waals surface area contributed by atoms with E-state index in [9.17, 15) is 19.4 Å². The van der Waals surface area contributed by atoms with Crippen molar-refractivity contribution in [2.45, 2.75) is 44.2 Å². The maximum absolute atomic E-state index is 13.0. The molecule has 1 amide bonds. The molecule has 3 atom stereocenters. The Morgan fingerprint density at radius 2 is 2.05 bits per heavy atom. The molecule has 1 aliphatic carbocycles. The number of likely N-dealkylation sites (tertiary alicyclic amines) is 1. The van der Waals surface area contributed by atoms with Crippen LogP contribution in [0.25, 0.3) is 0 Å². The van der Waals surface area contributed by atoms with Crippen molar-refractivity contribution >= 4 is 5.91 Å². The Bertz CT molecular complexity index is 548. The highest BCUT2D eigenvalue weighted by molar-refractivity contribution is 5.97. The van der Waals surface area contributed by atoms with Gasteiger partial charge in [-0.1, -0.05) is 6.42 Å². The van der Waals surface area contributed by atoms with Crippen molar-refractivity contribution in [3.05, 3.63) is 29.6 Å². The van der Waals surface area contributed by atoms with Crippen LogP contribution in [-0.2, 0) is 0 Å². The number of nitrogens with zero attached hydrogens (tertiary/aromatic N) is 1. The van der Waals surface area contributed by atoms with Gasteiger partial charge in [0.15, 0.2) is 0 Å². The molecule has 2 N–H and O–H groups in total. The van der Waals surface area contributed by atoms with Crippen LogP contribution in [0.15, 0.2) is 18.2 Å². The van der Waals surface area contributed by atoms with E-state index in [0.29, 0.717) is 6.54 Å². The number of carbonyl (C=O) groups is 1. The summed E-state index contributed by atoms with van der Waals surface area (Å²) in [6.07, 6.45) is 4.17. The monoisotopic (exact) mass is 293 g/mol. The van der Waals surface area contributed by atoms with Crippen LogP contribution in [0.5, 0.6) is 5.75 Å². The number of halogens is 1. The van der Waals surface area contributed by atoms with Crippen LogP contribution < -0.4 is 0 Å². The maximum Gasteiger partial charge on any atom is 0.257 e. The second-order valence-corrected chi connectivity index (χ2v) is 6.03. The molecular weight excluding hydrogens is 273 g/mol. The van der Waals surface area contributed by atoms with Crippen molar-refractivity contribution in [3.63, 3.8) is 0 Å². The molecular formula is C16H20FNO3. The Morgan fingerprint density at radius 3 is 2.71 bits per heavy atom. The molecule has 1 saturated heterocycles. The van der Waals surface area contributed by atoms with Crippen LogP contribution in [0, 0.1) is 11.7 Å².